The van der Waals surface area contributed by atoms with Crippen molar-refractivity contribution in [3.63, 3.8) is 0 Å². The maximum absolute atomic E-state index is 12.2. The van der Waals surface area contributed by atoms with Gasteiger partial charge < -0.3 is 10.2 Å². The average molecular weight is 315 g/mol. The minimum atomic E-state index is -0.0574. The molecule has 0 radical (unpaired) electrons. The minimum absolute atomic E-state index is 0.0574. The fourth-order valence-corrected chi connectivity index (χ4v) is 2.74. The smallest absolute Gasteiger partial charge is 0.238 e. The third-order valence-corrected chi connectivity index (χ3v) is 3.82. The number of anilines is 2. The van der Waals surface area contributed by atoms with E-state index in [-0.39, 0.29) is 11.8 Å². The summed E-state index contributed by atoms with van der Waals surface area (Å²) >= 11 is 0. The van der Waals surface area contributed by atoms with Crippen molar-refractivity contribution in [2.24, 2.45) is 0 Å². The molecule has 0 saturated carbocycles. The predicted octanol–water partition coefficient (Wildman–Crippen LogP) is 2.65. The Morgan fingerprint density at radius 1 is 1.39 bits per heavy atom. The molecule has 2 amide bonds. The normalized spacial score (nSPS) is 14.4. The number of nitrogens with one attached hydrogen (secondary N) is 1. The van der Waals surface area contributed by atoms with Crippen molar-refractivity contribution in [2.75, 3.05) is 36.4 Å². The Balaban J connectivity index is 1.98. The molecule has 1 fully saturated rings. The zero-order valence-corrected chi connectivity index (χ0v) is 14.0. The molecule has 0 spiro atoms. The largest absolute Gasteiger partial charge is 0.325 e. The van der Waals surface area contributed by atoms with Crippen LogP contribution in [0.5, 0.6) is 0 Å². The van der Waals surface area contributed by atoms with Gasteiger partial charge in [-0.05, 0) is 38.1 Å². The lowest BCUT2D eigenvalue weighted by atomic mass is 10.2. The first kappa shape index (κ1) is 17.2. The standard InChI is InChI=1S/C18H25N3O2/c1-4-20(12-14(2)3)13-17(22)19-15-7-5-8-16(11-15)21-10-6-9-18(21)23/h5,7-8,11H,2,4,6,9-10,12-13H2,1,3H3,(H,19,22). The SMILES string of the molecule is C=C(C)CN(CC)CC(=O)Nc1cccc(N2CCCC2=O)c1. The molecule has 1 saturated heterocycles. The van der Waals surface area contributed by atoms with Gasteiger partial charge in [0.15, 0.2) is 0 Å². The summed E-state index contributed by atoms with van der Waals surface area (Å²) in [7, 11) is 0. The van der Waals surface area contributed by atoms with Crippen molar-refractivity contribution in [3.8, 4) is 0 Å². The van der Waals surface area contributed by atoms with Crippen molar-refractivity contribution in [1.29, 1.82) is 0 Å². The number of nitrogens with zero attached hydrogens (tertiary/aromatic N) is 2. The Labute approximate surface area is 138 Å². The van der Waals surface area contributed by atoms with Gasteiger partial charge in [-0.1, -0.05) is 25.1 Å². The molecule has 5 nitrogen and oxygen atoms in total. The second kappa shape index (κ2) is 7.92. The Morgan fingerprint density at radius 3 is 2.78 bits per heavy atom. The Bertz CT molecular complexity index is 598. The fourth-order valence-electron chi connectivity index (χ4n) is 2.74. The van der Waals surface area contributed by atoms with Crippen molar-refractivity contribution in [2.45, 2.75) is 26.7 Å². The number of hydrogen-bond acceptors (Lipinski definition) is 3. The Morgan fingerprint density at radius 2 is 2.17 bits per heavy atom. The molecule has 0 unspecified atom stereocenters. The van der Waals surface area contributed by atoms with E-state index in [1.165, 1.54) is 0 Å². The van der Waals surface area contributed by atoms with Gasteiger partial charge in [0.25, 0.3) is 0 Å². The molecular weight excluding hydrogens is 290 g/mol. The third kappa shape index (κ3) is 4.93. The molecule has 1 heterocycles. The highest BCUT2D eigenvalue weighted by molar-refractivity contribution is 5.97. The van der Waals surface area contributed by atoms with E-state index in [2.05, 4.69) is 11.9 Å². The molecule has 1 aliphatic heterocycles. The molecule has 0 atom stereocenters. The molecule has 0 bridgehead atoms. The predicted molar refractivity (Wildman–Crippen MR) is 93.6 cm³/mol. The molecule has 124 valence electrons. The molecular formula is C18H25N3O2. The highest BCUT2D eigenvalue weighted by Crippen LogP contribution is 2.24. The maximum atomic E-state index is 12.2. The van der Waals surface area contributed by atoms with Crippen LogP contribution in [-0.2, 0) is 9.59 Å². The second-order valence-corrected chi connectivity index (χ2v) is 6.01. The van der Waals surface area contributed by atoms with E-state index < -0.39 is 0 Å². The van der Waals surface area contributed by atoms with Crippen LogP contribution >= 0.6 is 0 Å². The molecule has 0 aliphatic carbocycles. The van der Waals surface area contributed by atoms with E-state index >= 15 is 0 Å². The summed E-state index contributed by atoms with van der Waals surface area (Å²) in [6.45, 7) is 10.5. The summed E-state index contributed by atoms with van der Waals surface area (Å²) in [4.78, 5) is 27.8. The second-order valence-electron chi connectivity index (χ2n) is 6.01. The van der Waals surface area contributed by atoms with Gasteiger partial charge in [0.1, 0.15) is 0 Å². The quantitative estimate of drug-likeness (QED) is 0.787. The molecule has 1 N–H and O–H groups in total. The fraction of sp³-hybridized carbons (Fsp3) is 0.444. The van der Waals surface area contributed by atoms with Gasteiger partial charge >= 0.3 is 0 Å². The molecule has 2 rings (SSSR count). The van der Waals surface area contributed by atoms with Crippen LogP contribution in [-0.4, -0.2) is 42.9 Å². The van der Waals surface area contributed by atoms with Crippen LogP contribution in [0, 0.1) is 0 Å². The Hall–Kier alpha value is -2.14. The summed E-state index contributed by atoms with van der Waals surface area (Å²) in [5.41, 5.74) is 2.60. The van der Waals surface area contributed by atoms with Crippen LogP contribution in [0.15, 0.2) is 36.4 Å². The lowest BCUT2D eigenvalue weighted by Gasteiger charge is -2.20. The third-order valence-electron chi connectivity index (χ3n) is 3.82. The highest BCUT2D eigenvalue weighted by atomic mass is 16.2. The van der Waals surface area contributed by atoms with Crippen LogP contribution in [0.25, 0.3) is 0 Å². The van der Waals surface area contributed by atoms with E-state index in [9.17, 15) is 9.59 Å². The average Bonchev–Trinajstić information content (AvgIpc) is 2.92. The minimum Gasteiger partial charge on any atom is -0.325 e. The molecule has 1 aromatic carbocycles. The van der Waals surface area contributed by atoms with E-state index in [1.54, 1.807) is 4.90 Å². The molecule has 1 aliphatic rings. The molecule has 1 aromatic rings. The van der Waals surface area contributed by atoms with E-state index in [4.69, 9.17) is 0 Å². The van der Waals surface area contributed by atoms with Crippen LogP contribution in [0.2, 0.25) is 0 Å². The van der Waals surface area contributed by atoms with Gasteiger partial charge in [-0.25, -0.2) is 0 Å². The lowest BCUT2D eigenvalue weighted by Crippen LogP contribution is -2.34. The summed E-state index contributed by atoms with van der Waals surface area (Å²) < 4.78 is 0. The van der Waals surface area contributed by atoms with Gasteiger partial charge in [-0.3, -0.25) is 14.5 Å². The first-order valence-electron chi connectivity index (χ1n) is 8.06. The number of carbonyl (C=O) groups excluding carboxylic acids is 2. The number of rotatable bonds is 7. The van der Waals surface area contributed by atoms with Crippen molar-refractivity contribution < 1.29 is 9.59 Å². The first-order chi connectivity index (χ1) is 11.0. The summed E-state index contributed by atoms with van der Waals surface area (Å²) in [5, 5.41) is 2.91. The van der Waals surface area contributed by atoms with Gasteiger partial charge in [0, 0.05) is 30.9 Å². The van der Waals surface area contributed by atoms with E-state index in [0.717, 1.165) is 36.5 Å². The topological polar surface area (TPSA) is 52.7 Å². The molecule has 5 heteroatoms. The zero-order valence-electron chi connectivity index (χ0n) is 14.0. The van der Waals surface area contributed by atoms with Gasteiger partial charge in [-0.15, -0.1) is 0 Å². The van der Waals surface area contributed by atoms with Crippen LogP contribution in [0.1, 0.15) is 26.7 Å². The Kier molecular flexibility index (Phi) is 5.93. The van der Waals surface area contributed by atoms with Crippen molar-refractivity contribution >= 4 is 23.2 Å². The van der Waals surface area contributed by atoms with Gasteiger partial charge in [-0.2, -0.15) is 0 Å². The number of benzene rings is 1. The van der Waals surface area contributed by atoms with Crippen LogP contribution in [0.3, 0.4) is 0 Å². The number of amides is 2. The van der Waals surface area contributed by atoms with Crippen molar-refractivity contribution in [3.05, 3.63) is 36.4 Å². The first-order valence-corrected chi connectivity index (χ1v) is 8.06. The van der Waals surface area contributed by atoms with Crippen molar-refractivity contribution in [1.82, 2.24) is 4.90 Å². The summed E-state index contributed by atoms with van der Waals surface area (Å²) in [6.07, 6.45) is 1.49. The number of carbonyl (C=O) groups is 2. The molecule has 23 heavy (non-hydrogen) atoms. The monoisotopic (exact) mass is 315 g/mol. The highest BCUT2D eigenvalue weighted by Gasteiger charge is 2.21. The van der Waals surface area contributed by atoms with Crippen LogP contribution in [0.4, 0.5) is 11.4 Å². The van der Waals surface area contributed by atoms with E-state index in [1.807, 2.05) is 43.0 Å². The summed E-state index contributed by atoms with van der Waals surface area (Å²) in [6, 6.07) is 7.47. The lowest BCUT2D eigenvalue weighted by molar-refractivity contribution is -0.117. The zero-order chi connectivity index (χ0) is 16.8. The van der Waals surface area contributed by atoms with Gasteiger partial charge in [0.2, 0.25) is 11.8 Å². The maximum Gasteiger partial charge on any atom is 0.238 e. The van der Waals surface area contributed by atoms with E-state index in [0.29, 0.717) is 19.5 Å². The van der Waals surface area contributed by atoms with Crippen LogP contribution < -0.4 is 10.2 Å². The molecule has 0 aromatic heterocycles. The van der Waals surface area contributed by atoms with Gasteiger partial charge in [0.05, 0.1) is 6.54 Å². The number of likely N-dealkylation sites (N-methyl/N-ethyl adjacent to an activating group) is 1. The number of hydrogen-bond donors (Lipinski definition) is 1. The summed E-state index contributed by atoms with van der Waals surface area (Å²) in [5.74, 6) is 0.0880.